The number of hydrogen-bond acceptors (Lipinski definition) is 3. The number of H-pyrrole nitrogens is 1. The molecule has 1 aromatic rings. The summed E-state index contributed by atoms with van der Waals surface area (Å²) in [6.45, 7) is 4.67. The quantitative estimate of drug-likeness (QED) is 0.628. The largest absolute Gasteiger partial charge is 0.349 e. The lowest BCUT2D eigenvalue weighted by atomic mass is 9.98. The monoisotopic (exact) mass is 222 g/mol. The smallest absolute Gasteiger partial charge is 0.106 e. The van der Waals surface area contributed by atoms with Crippen molar-refractivity contribution in [3.05, 3.63) is 18.2 Å². The van der Waals surface area contributed by atoms with Crippen molar-refractivity contribution in [3.63, 3.8) is 0 Å². The van der Waals surface area contributed by atoms with Crippen molar-refractivity contribution in [2.75, 3.05) is 26.2 Å². The van der Waals surface area contributed by atoms with Gasteiger partial charge in [-0.05, 0) is 51.4 Å². The Morgan fingerprint density at radius 3 is 3.00 bits per heavy atom. The number of nitrogens with zero attached hydrogens (tertiary/aromatic N) is 1. The fourth-order valence-electron chi connectivity index (χ4n) is 2.21. The molecule has 0 amide bonds. The number of imidazole rings is 1. The Balaban J connectivity index is 1.48. The maximum atomic E-state index is 4.21. The molecule has 0 saturated carbocycles. The predicted molar refractivity (Wildman–Crippen MR) is 65.4 cm³/mol. The van der Waals surface area contributed by atoms with E-state index in [1.807, 2.05) is 12.4 Å². The van der Waals surface area contributed by atoms with Crippen molar-refractivity contribution in [1.82, 2.24) is 20.6 Å². The number of piperidine rings is 1. The van der Waals surface area contributed by atoms with E-state index in [4.69, 9.17) is 0 Å². The molecular formula is C12H22N4. The number of nitrogens with one attached hydrogen (secondary N) is 3. The minimum Gasteiger partial charge on any atom is -0.349 e. The Morgan fingerprint density at radius 1 is 1.38 bits per heavy atom. The molecule has 2 rings (SSSR count). The maximum absolute atomic E-state index is 4.21. The SMILES string of the molecule is c1c[nH]c(CCCNCC2CCNCC2)n1. The first kappa shape index (κ1) is 11.6. The zero-order valence-electron chi connectivity index (χ0n) is 9.84. The van der Waals surface area contributed by atoms with E-state index in [1.165, 1.54) is 38.9 Å². The summed E-state index contributed by atoms with van der Waals surface area (Å²) in [5.74, 6) is 1.98. The molecule has 0 atom stereocenters. The summed E-state index contributed by atoms with van der Waals surface area (Å²) in [5.41, 5.74) is 0. The first-order chi connectivity index (χ1) is 7.95. The fraction of sp³-hybridized carbons (Fsp3) is 0.750. The number of hydrogen-bond donors (Lipinski definition) is 3. The molecule has 0 aromatic carbocycles. The second-order valence-electron chi connectivity index (χ2n) is 4.54. The second-order valence-corrected chi connectivity index (χ2v) is 4.54. The highest BCUT2D eigenvalue weighted by Crippen LogP contribution is 2.09. The summed E-state index contributed by atoms with van der Waals surface area (Å²) in [6.07, 6.45) is 8.57. The van der Waals surface area contributed by atoms with Gasteiger partial charge in [-0.25, -0.2) is 4.98 Å². The van der Waals surface area contributed by atoms with E-state index in [0.717, 1.165) is 24.7 Å². The molecule has 4 heteroatoms. The highest BCUT2D eigenvalue weighted by atomic mass is 14.9. The van der Waals surface area contributed by atoms with Gasteiger partial charge in [-0.1, -0.05) is 0 Å². The van der Waals surface area contributed by atoms with Crippen molar-refractivity contribution in [1.29, 1.82) is 0 Å². The van der Waals surface area contributed by atoms with Crippen molar-refractivity contribution >= 4 is 0 Å². The molecule has 0 unspecified atom stereocenters. The third-order valence-electron chi connectivity index (χ3n) is 3.21. The molecule has 1 fully saturated rings. The molecular weight excluding hydrogens is 200 g/mol. The minimum absolute atomic E-state index is 0.880. The van der Waals surface area contributed by atoms with Crippen LogP contribution in [-0.2, 0) is 6.42 Å². The van der Waals surface area contributed by atoms with Crippen LogP contribution in [0.1, 0.15) is 25.1 Å². The summed E-state index contributed by atoms with van der Waals surface area (Å²) in [6, 6.07) is 0. The van der Waals surface area contributed by atoms with E-state index in [0.29, 0.717) is 0 Å². The topological polar surface area (TPSA) is 52.7 Å². The van der Waals surface area contributed by atoms with E-state index < -0.39 is 0 Å². The number of aromatic nitrogens is 2. The Hall–Kier alpha value is -0.870. The third kappa shape index (κ3) is 3.94. The Kier molecular flexibility index (Phi) is 4.83. The number of rotatable bonds is 6. The first-order valence-electron chi connectivity index (χ1n) is 6.35. The highest BCUT2D eigenvalue weighted by molar-refractivity contribution is 4.86. The van der Waals surface area contributed by atoms with Crippen molar-refractivity contribution in [2.24, 2.45) is 5.92 Å². The molecule has 1 aliphatic rings. The molecule has 1 saturated heterocycles. The molecule has 0 bridgehead atoms. The number of aromatic amines is 1. The minimum atomic E-state index is 0.880. The van der Waals surface area contributed by atoms with Crippen LogP contribution in [0.5, 0.6) is 0 Å². The molecule has 1 aliphatic heterocycles. The molecule has 3 N–H and O–H groups in total. The van der Waals surface area contributed by atoms with E-state index in [-0.39, 0.29) is 0 Å². The van der Waals surface area contributed by atoms with Gasteiger partial charge in [0.05, 0.1) is 0 Å². The Labute approximate surface area is 97.2 Å². The highest BCUT2D eigenvalue weighted by Gasteiger charge is 2.11. The lowest BCUT2D eigenvalue weighted by molar-refractivity contribution is 0.356. The summed E-state index contributed by atoms with van der Waals surface area (Å²) in [4.78, 5) is 7.34. The van der Waals surface area contributed by atoms with Crippen molar-refractivity contribution in [2.45, 2.75) is 25.7 Å². The van der Waals surface area contributed by atoms with Gasteiger partial charge in [-0.3, -0.25) is 0 Å². The van der Waals surface area contributed by atoms with Gasteiger partial charge in [0, 0.05) is 18.8 Å². The maximum Gasteiger partial charge on any atom is 0.106 e. The van der Waals surface area contributed by atoms with Crippen LogP contribution in [0.4, 0.5) is 0 Å². The lowest BCUT2D eigenvalue weighted by Gasteiger charge is -2.22. The molecule has 0 radical (unpaired) electrons. The fourth-order valence-corrected chi connectivity index (χ4v) is 2.21. The van der Waals surface area contributed by atoms with Gasteiger partial charge < -0.3 is 15.6 Å². The Bertz CT molecular complexity index is 265. The van der Waals surface area contributed by atoms with E-state index >= 15 is 0 Å². The zero-order chi connectivity index (χ0) is 11.1. The molecule has 16 heavy (non-hydrogen) atoms. The molecule has 90 valence electrons. The summed E-state index contributed by atoms with van der Waals surface area (Å²) >= 11 is 0. The van der Waals surface area contributed by atoms with E-state index in [9.17, 15) is 0 Å². The van der Waals surface area contributed by atoms with Crippen LogP contribution in [0.2, 0.25) is 0 Å². The average molecular weight is 222 g/mol. The first-order valence-corrected chi connectivity index (χ1v) is 6.35. The van der Waals surface area contributed by atoms with Crippen molar-refractivity contribution < 1.29 is 0 Å². The van der Waals surface area contributed by atoms with Crippen molar-refractivity contribution in [3.8, 4) is 0 Å². The van der Waals surface area contributed by atoms with Crippen LogP contribution in [0.3, 0.4) is 0 Å². The third-order valence-corrected chi connectivity index (χ3v) is 3.21. The van der Waals surface area contributed by atoms with Gasteiger partial charge in [0.15, 0.2) is 0 Å². The van der Waals surface area contributed by atoms with Gasteiger partial charge in [0.25, 0.3) is 0 Å². The summed E-state index contributed by atoms with van der Waals surface area (Å²) in [7, 11) is 0. The van der Waals surface area contributed by atoms with Crippen LogP contribution in [-0.4, -0.2) is 36.1 Å². The zero-order valence-corrected chi connectivity index (χ0v) is 9.84. The molecule has 4 nitrogen and oxygen atoms in total. The van der Waals surface area contributed by atoms with Crippen LogP contribution < -0.4 is 10.6 Å². The van der Waals surface area contributed by atoms with Gasteiger partial charge in [0.1, 0.15) is 5.82 Å². The Morgan fingerprint density at radius 2 is 2.25 bits per heavy atom. The van der Waals surface area contributed by atoms with Crippen LogP contribution >= 0.6 is 0 Å². The summed E-state index contributed by atoms with van der Waals surface area (Å²) in [5, 5.41) is 6.94. The molecule has 0 spiro atoms. The number of aryl methyl sites for hydroxylation is 1. The predicted octanol–water partition coefficient (Wildman–Crippen LogP) is 0.931. The van der Waals surface area contributed by atoms with E-state index in [2.05, 4.69) is 20.6 Å². The van der Waals surface area contributed by atoms with Gasteiger partial charge >= 0.3 is 0 Å². The molecule has 1 aromatic heterocycles. The van der Waals surface area contributed by atoms with Gasteiger partial charge in [-0.15, -0.1) is 0 Å². The van der Waals surface area contributed by atoms with E-state index in [1.54, 1.807) is 0 Å². The van der Waals surface area contributed by atoms with Crippen LogP contribution in [0, 0.1) is 5.92 Å². The van der Waals surface area contributed by atoms with Crippen LogP contribution in [0.15, 0.2) is 12.4 Å². The standard InChI is InChI=1S/C12H22N4/c1(2-12-15-8-9-16-12)5-14-10-11-3-6-13-7-4-11/h8-9,11,13-14H,1-7,10H2,(H,15,16). The normalized spacial score (nSPS) is 17.8. The summed E-state index contributed by atoms with van der Waals surface area (Å²) < 4.78 is 0. The molecule has 2 heterocycles. The average Bonchev–Trinajstić information content (AvgIpc) is 2.83. The lowest BCUT2D eigenvalue weighted by Crippen LogP contribution is -2.34. The molecule has 0 aliphatic carbocycles. The second kappa shape index (κ2) is 6.66. The van der Waals surface area contributed by atoms with Crippen LogP contribution in [0.25, 0.3) is 0 Å². The van der Waals surface area contributed by atoms with Gasteiger partial charge in [-0.2, -0.15) is 0 Å². The van der Waals surface area contributed by atoms with Gasteiger partial charge in [0.2, 0.25) is 0 Å².